The highest BCUT2D eigenvalue weighted by molar-refractivity contribution is 7.90. The predicted molar refractivity (Wildman–Crippen MR) is 104 cm³/mol. The van der Waals surface area contributed by atoms with E-state index in [9.17, 15) is 8.42 Å². The van der Waals surface area contributed by atoms with Gasteiger partial charge in [-0.3, -0.25) is 0 Å². The number of rotatable bonds is 3. The average molecular weight is 362 g/mol. The summed E-state index contributed by atoms with van der Waals surface area (Å²) in [6.45, 7) is 2.02. The maximum absolute atomic E-state index is 11.8. The lowest BCUT2D eigenvalue weighted by Gasteiger charge is -2.05. The minimum atomic E-state index is -3.22. The van der Waals surface area contributed by atoms with E-state index in [0.29, 0.717) is 4.90 Å². The Morgan fingerprint density at radius 1 is 0.808 bits per heavy atom. The molecule has 0 N–H and O–H groups in total. The van der Waals surface area contributed by atoms with Crippen LogP contribution >= 0.6 is 0 Å². The van der Waals surface area contributed by atoms with Gasteiger partial charge >= 0.3 is 0 Å². The molecule has 0 aliphatic heterocycles. The molecule has 0 atom stereocenters. The van der Waals surface area contributed by atoms with Crippen molar-refractivity contribution in [3.05, 3.63) is 78.5 Å². The summed E-state index contributed by atoms with van der Waals surface area (Å²) in [5.74, 6) is 0. The molecule has 130 valence electrons. The number of aromatic nitrogens is 2. The maximum Gasteiger partial charge on any atom is 0.175 e. The van der Waals surface area contributed by atoms with Crippen molar-refractivity contribution in [2.75, 3.05) is 6.26 Å². The van der Waals surface area contributed by atoms with Crippen LogP contribution in [0.5, 0.6) is 0 Å². The zero-order chi connectivity index (χ0) is 18.3. The van der Waals surface area contributed by atoms with E-state index in [-0.39, 0.29) is 0 Å². The number of nitrogens with zero attached hydrogens (tertiary/aromatic N) is 2. The van der Waals surface area contributed by atoms with Gasteiger partial charge < -0.3 is 0 Å². The molecule has 0 spiro atoms. The first-order valence-electron chi connectivity index (χ1n) is 8.29. The van der Waals surface area contributed by atoms with E-state index in [1.165, 1.54) is 6.26 Å². The van der Waals surface area contributed by atoms with Crippen molar-refractivity contribution in [1.82, 2.24) is 9.61 Å². The molecule has 4 rings (SSSR count). The van der Waals surface area contributed by atoms with Crippen molar-refractivity contribution in [2.45, 2.75) is 11.8 Å². The lowest BCUT2D eigenvalue weighted by atomic mass is 10.00. The van der Waals surface area contributed by atoms with Gasteiger partial charge in [-0.2, -0.15) is 5.10 Å². The number of hydrogen-bond acceptors (Lipinski definition) is 3. The van der Waals surface area contributed by atoms with Crippen LogP contribution in [0, 0.1) is 6.92 Å². The van der Waals surface area contributed by atoms with Crippen LogP contribution in [0.3, 0.4) is 0 Å². The first-order valence-corrected chi connectivity index (χ1v) is 10.2. The largest absolute Gasteiger partial charge is 0.237 e. The van der Waals surface area contributed by atoms with E-state index in [0.717, 1.165) is 33.6 Å². The Kier molecular flexibility index (Phi) is 3.89. The van der Waals surface area contributed by atoms with Gasteiger partial charge in [-0.05, 0) is 36.8 Å². The van der Waals surface area contributed by atoms with Gasteiger partial charge in [-0.15, -0.1) is 0 Å². The van der Waals surface area contributed by atoms with Crippen molar-refractivity contribution >= 4 is 15.4 Å². The average Bonchev–Trinajstić information content (AvgIpc) is 3.03. The first-order chi connectivity index (χ1) is 12.4. The zero-order valence-electron chi connectivity index (χ0n) is 14.5. The van der Waals surface area contributed by atoms with Crippen molar-refractivity contribution in [2.24, 2.45) is 0 Å². The van der Waals surface area contributed by atoms with Gasteiger partial charge in [0.2, 0.25) is 0 Å². The van der Waals surface area contributed by atoms with E-state index in [2.05, 4.69) is 0 Å². The number of benzene rings is 2. The molecule has 2 aromatic heterocycles. The van der Waals surface area contributed by atoms with Crippen molar-refractivity contribution in [3.8, 4) is 22.4 Å². The topological polar surface area (TPSA) is 51.4 Å². The van der Waals surface area contributed by atoms with Crippen LogP contribution in [0.2, 0.25) is 0 Å². The van der Waals surface area contributed by atoms with Crippen LogP contribution in [0.1, 0.15) is 5.69 Å². The molecule has 26 heavy (non-hydrogen) atoms. The van der Waals surface area contributed by atoms with E-state index in [1.807, 2.05) is 72.1 Å². The lowest BCUT2D eigenvalue weighted by Crippen LogP contribution is -1.96. The molecule has 0 bridgehead atoms. The molecule has 5 heteroatoms. The smallest absolute Gasteiger partial charge is 0.175 e. The molecule has 4 aromatic rings. The molecule has 2 aromatic carbocycles. The Morgan fingerprint density at radius 3 is 2.15 bits per heavy atom. The van der Waals surface area contributed by atoms with Crippen LogP contribution in [-0.2, 0) is 9.84 Å². The Balaban J connectivity index is 2.00. The highest BCUT2D eigenvalue weighted by atomic mass is 32.2. The molecule has 0 unspecified atom stereocenters. The quantitative estimate of drug-likeness (QED) is 0.543. The molecular weight excluding hydrogens is 344 g/mol. The fourth-order valence-electron chi connectivity index (χ4n) is 3.15. The van der Waals surface area contributed by atoms with Gasteiger partial charge in [0.15, 0.2) is 9.84 Å². The number of fused-ring (bicyclic) bond motifs is 1. The number of sulfone groups is 1. The minimum Gasteiger partial charge on any atom is -0.237 e. The summed E-state index contributed by atoms with van der Waals surface area (Å²) in [5, 5.41) is 4.83. The van der Waals surface area contributed by atoms with Crippen molar-refractivity contribution in [3.63, 3.8) is 0 Å². The third kappa shape index (κ3) is 2.80. The number of aryl methyl sites for hydroxylation is 1. The summed E-state index contributed by atoms with van der Waals surface area (Å²) in [5.41, 5.74) is 5.89. The Bertz CT molecular complexity index is 1190. The Labute approximate surface area is 152 Å². The van der Waals surface area contributed by atoms with E-state index in [4.69, 9.17) is 5.10 Å². The van der Waals surface area contributed by atoms with Crippen molar-refractivity contribution in [1.29, 1.82) is 0 Å². The third-order valence-corrected chi connectivity index (χ3v) is 5.59. The van der Waals surface area contributed by atoms with Crippen LogP contribution in [0.25, 0.3) is 27.9 Å². The predicted octanol–water partition coefficient (Wildman–Crippen LogP) is 4.38. The summed E-state index contributed by atoms with van der Waals surface area (Å²) in [6.07, 6.45) is 1.22. The standard InChI is InChI=1S/C21H18N2O2S/c1-15-7-6-10-19-20(16-11-13-18(14-12-16)26(2,24)25)21(22-23(15)19)17-8-4-3-5-9-17/h3-14H,1-2H3. The van der Waals surface area contributed by atoms with E-state index >= 15 is 0 Å². The van der Waals surface area contributed by atoms with Gasteiger partial charge in [-0.1, -0.05) is 48.5 Å². The van der Waals surface area contributed by atoms with Gasteiger partial charge in [0, 0.05) is 23.1 Å². The fourth-order valence-corrected chi connectivity index (χ4v) is 3.78. The highest BCUT2D eigenvalue weighted by Gasteiger charge is 2.17. The van der Waals surface area contributed by atoms with Crippen LogP contribution < -0.4 is 0 Å². The Hall–Kier alpha value is -2.92. The van der Waals surface area contributed by atoms with Gasteiger partial charge in [-0.25, -0.2) is 12.9 Å². The van der Waals surface area contributed by atoms with Gasteiger partial charge in [0.05, 0.1) is 10.4 Å². The van der Waals surface area contributed by atoms with E-state index < -0.39 is 9.84 Å². The second-order valence-corrected chi connectivity index (χ2v) is 8.37. The number of hydrogen-bond donors (Lipinski definition) is 0. The summed E-state index contributed by atoms with van der Waals surface area (Å²) >= 11 is 0. The SMILES string of the molecule is Cc1cccc2c(-c3ccc(S(C)(=O)=O)cc3)c(-c3ccccc3)nn12. The molecule has 0 amide bonds. The summed E-state index contributed by atoms with van der Waals surface area (Å²) < 4.78 is 25.5. The first kappa shape index (κ1) is 16.5. The second-order valence-electron chi connectivity index (χ2n) is 6.35. The molecule has 0 saturated carbocycles. The van der Waals surface area contributed by atoms with Crippen LogP contribution in [-0.4, -0.2) is 24.3 Å². The molecule has 0 aliphatic carbocycles. The minimum absolute atomic E-state index is 0.315. The van der Waals surface area contributed by atoms with Crippen molar-refractivity contribution < 1.29 is 8.42 Å². The monoisotopic (exact) mass is 362 g/mol. The second kappa shape index (κ2) is 6.11. The van der Waals surface area contributed by atoms with Crippen LogP contribution in [0.15, 0.2) is 77.7 Å². The third-order valence-electron chi connectivity index (χ3n) is 4.47. The molecule has 0 radical (unpaired) electrons. The number of pyridine rings is 1. The zero-order valence-corrected chi connectivity index (χ0v) is 15.4. The van der Waals surface area contributed by atoms with Crippen LogP contribution in [0.4, 0.5) is 0 Å². The molecule has 0 aliphatic rings. The Morgan fingerprint density at radius 2 is 1.50 bits per heavy atom. The maximum atomic E-state index is 11.8. The molecule has 2 heterocycles. The highest BCUT2D eigenvalue weighted by Crippen LogP contribution is 2.35. The summed E-state index contributed by atoms with van der Waals surface area (Å²) in [4.78, 5) is 0.315. The molecule has 0 saturated heterocycles. The molecule has 0 fully saturated rings. The normalized spacial score (nSPS) is 11.8. The van der Waals surface area contributed by atoms with Gasteiger partial charge in [0.25, 0.3) is 0 Å². The summed E-state index contributed by atoms with van der Waals surface area (Å²) in [7, 11) is -3.22. The summed E-state index contributed by atoms with van der Waals surface area (Å²) in [6, 6.07) is 23.1. The molecular formula is C21H18N2O2S. The lowest BCUT2D eigenvalue weighted by molar-refractivity contribution is 0.602. The van der Waals surface area contributed by atoms with Gasteiger partial charge in [0.1, 0.15) is 5.69 Å². The fraction of sp³-hybridized carbons (Fsp3) is 0.0952. The molecule has 4 nitrogen and oxygen atoms in total. The van der Waals surface area contributed by atoms with E-state index in [1.54, 1.807) is 12.1 Å².